The zero-order valence-electron chi connectivity index (χ0n) is 11.8. The Labute approximate surface area is 135 Å². The molecule has 5 heteroatoms. The van der Waals surface area contributed by atoms with Crippen LogP contribution in [0, 0.1) is 0 Å². The average Bonchev–Trinajstić information content (AvgIpc) is 2.53. The average molecular weight is 361 g/mol. The molecule has 112 valence electrons. The van der Waals surface area contributed by atoms with Crippen LogP contribution in [-0.2, 0) is 6.61 Å². The van der Waals surface area contributed by atoms with Gasteiger partial charge < -0.3 is 13.9 Å². The summed E-state index contributed by atoms with van der Waals surface area (Å²) in [5.74, 6) is 1.36. The van der Waals surface area contributed by atoms with Crippen molar-refractivity contribution < 1.29 is 13.9 Å². The van der Waals surface area contributed by atoms with Crippen molar-refractivity contribution in [2.24, 2.45) is 0 Å². The number of hydrogen-bond donors (Lipinski definition) is 0. The molecular weight excluding hydrogens is 348 g/mol. The molecule has 0 unspecified atom stereocenters. The third-order valence-electron chi connectivity index (χ3n) is 3.24. The summed E-state index contributed by atoms with van der Waals surface area (Å²) in [7, 11) is 1.60. The van der Waals surface area contributed by atoms with E-state index in [1.165, 1.54) is 0 Å². The Morgan fingerprint density at radius 2 is 1.95 bits per heavy atom. The van der Waals surface area contributed by atoms with Crippen molar-refractivity contribution in [3.8, 4) is 11.5 Å². The molecule has 0 aliphatic heterocycles. The monoisotopic (exact) mass is 360 g/mol. The molecule has 0 bridgehead atoms. The van der Waals surface area contributed by atoms with E-state index in [0.29, 0.717) is 16.9 Å². The van der Waals surface area contributed by atoms with Gasteiger partial charge in [-0.2, -0.15) is 0 Å². The summed E-state index contributed by atoms with van der Waals surface area (Å²) in [6.45, 7) is 0.137. The van der Waals surface area contributed by atoms with Crippen LogP contribution in [0.2, 0.25) is 0 Å². The molecule has 2 aromatic carbocycles. The largest absolute Gasteiger partial charge is 0.497 e. The summed E-state index contributed by atoms with van der Waals surface area (Å²) in [6, 6.07) is 14.6. The molecule has 0 saturated heterocycles. The number of benzene rings is 2. The fourth-order valence-corrected chi connectivity index (χ4v) is 2.56. The van der Waals surface area contributed by atoms with Gasteiger partial charge in [-0.15, -0.1) is 0 Å². The molecule has 0 spiro atoms. The number of hydrogen-bond acceptors (Lipinski definition) is 4. The van der Waals surface area contributed by atoms with Gasteiger partial charge in [0.15, 0.2) is 0 Å². The van der Waals surface area contributed by atoms with Crippen molar-refractivity contribution in [1.29, 1.82) is 0 Å². The van der Waals surface area contributed by atoms with Crippen LogP contribution in [0.1, 0.15) is 5.56 Å². The minimum absolute atomic E-state index is 0.137. The summed E-state index contributed by atoms with van der Waals surface area (Å²) >= 11 is 3.41. The summed E-state index contributed by atoms with van der Waals surface area (Å²) in [4.78, 5) is 12.0. The highest BCUT2D eigenvalue weighted by molar-refractivity contribution is 9.10. The van der Waals surface area contributed by atoms with Crippen molar-refractivity contribution in [2.75, 3.05) is 7.11 Å². The van der Waals surface area contributed by atoms with Crippen LogP contribution >= 0.6 is 15.9 Å². The summed E-state index contributed by atoms with van der Waals surface area (Å²) in [5, 5.41) is 0.870. The molecule has 0 fully saturated rings. The highest BCUT2D eigenvalue weighted by atomic mass is 79.9. The van der Waals surface area contributed by atoms with Gasteiger partial charge in [0.05, 0.1) is 17.1 Å². The van der Waals surface area contributed by atoms with Crippen molar-refractivity contribution in [3.63, 3.8) is 0 Å². The number of methoxy groups -OCH3 is 1. The topological polar surface area (TPSA) is 48.7 Å². The van der Waals surface area contributed by atoms with Gasteiger partial charge in [-0.3, -0.25) is 0 Å². The number of ether oxygens (including phenoxy) is 2. The molecule has 22 heavy (non-hydrogen) atoms. The van der Waals surface area contributed by atoms with Gasteiger partial charge >= 0.3 is 5.63 Å². The first-order valence-corrected chi connectivity index (χ1v) is 7.45. The Morgan fingerprint density at radius 1 is 1.14 bits per heavy atom. The lowest BCUT2D eigenvalue weighted by Crippen LogP contribution is -2.10. The lowest BCUT2D eigenvalue weighted by Gasteiger charge is -2.09. The summed E-state index contributed by atoms with van der Waals surface area (Å²) in [5.41, 5.74) is 0.659. The van der Waals surface area contributed by atoms with Crippen LogP contribution in [-0.4, -0.2) is 7.11 Å². The van der Waals surface area contributed by atoms with Crippen LogP contribution in [0.5, 0.6) is 11.5 Å². The van der Waals surface area contributed by atoms with Gasteiger partial charge in [0.1, 0.15) is 23.7 Å². The molecule has 1 aromatic heterocycles. The predicted octanol–water partition coefficient (Wildman–Crippen LogP) is 4.14. The Morgan fingerprint density at radius 3 is 2.73 bits per heavy atom. The molecular formula is C17H13BrO4. The van der Waals surface area contributed by atoms with E-state index in [1.54, 1.807) is 37.4 Å². The van der Waals surface area contributed by atoms with E-state index in [4.69, 9.17) is 13.9 Å². The minimum atomic E-state index is -0.386. The number of rotatable bonds is 4. The number of halogens is 1. The molecule has 3 aromatic rings. The predicted molar refractivity (Wildman–Crippen MR) is 87.5 cm³/mol. The molecule has 0 amide bonds. The zero-order valence-corrected chi connectivity index (χ0v) is 13.4. The fourth-order valence-electron chi connectivity index (χ4n) is 2.09. The van der Waals surface area contributed by atoms with Gasteiger partial charge in [-0.25, -0.2) is 4.79 Å². The number of fused-ring (bicyclic) bond motifs is 1. The van der Waals surface area contributed by atoms with E-state index in [0.717, 1.165) is 15.6 Å². The maximum Gasteiger partial charge on any atom is 0.342 e. The standard InChI is InChI=1S/C17H13BrO4/c1-20-13-6-7-16(14(18)9-13)21-10-12-8-11-4-2-3-5-15(11)22-17(12)19/h2-9H,10H2,1H3. The quantitative estimate of drug-likeness (QED) is 0.656. The fraction of sp³-hybridized carbons (Fsp3) is 0.118. The van der Waals surface area contributed by atoms with Crippen LogP contribution in [0.15, 0.2) is 62.2 Å². The molecule has 0 N–H and O–H groups in total. The maximum atomic E-state index is 12.0. The SMILES string of the molecule is COc1ccc(OCc2cc3ccccc3oc2=O)c(Br)c1. The van der Waals surface area contributed by atoms with Gasteiger partial charge in [0.25, 0.3) is 0 Å². The molecule has 0 aliphatic rings. The third kappa shape index (κ3) is 2.99. The molecule has 1 heterocycles. The van der Waals surface area contributed by atoms with Gasteiger partial charge in [-0.05, 0) is 46.3 Å². The molecule has 3 rings (SSSR count). The van der Waals surface area contributed by atoms with Crippen LogP contribution < -0.4 is 15.1 Å². The smallest absolute Gasteiger partial charge is 0.342 e. The van der Waals surface area contributed by atoms with E-state index in [-0.39, 0.29) is 12.2 Å². The third-order valence-corrected chi connectivity index (χ3v) is 3.86. The zero-order chi connectivity index (χ0) is 15.5. The highest BCUT2D eigenvalue weighted by Gasteiger charge is 2.08. The first-order chi connectivity index (χ1) is 10.7. The van der Waals surface area contributed by atoms with Crippen LogP contribution in [0.4, 0.5) is 0 Å². The second-order valence-corrected chi connectivity index (χ2v) is 5.54. The van der Waals surface area contributed by atoms with Crippen LogP contribution in [0.25, 0.3) is 11.0 Å². The Hall–Kier alpha value is -2.27. The maximum absolute atomic E-state index is 12.0. The summed E-state index contributed by atoms with van der Waals surface area (Å²) in [6.07, 6.45) is 0. The van der Waals surface area contributed by atoms with Gasteiger partial charge in [0, 0.05) is 5.39 Å². The van der Waals surface area contributed by atoms with E-state index < -0.39 is 0 Å². The molecule has 0 radical (unpaired) electrons. The van der Waals surface area contributed by atoms with E-state index in [2.05, 4.69) is 15.9 Å². The van der Waals surface area contributed by atoms with Crippen molar-refractivity contribution in [2.45, 2.75) is 6.61 Å². The first-order valence-electron chi connectivity index (χ1n) is 6.65. The first kappa shape index (κ1) is 14.7. The Kier molecular flexibility index (Phi) is 4.15. The number of para-hydroxylation sites is 1. The second-order valence-electron chi connectivity index (χ2n) is 4.68. The second kappa shape index (κ2) is 6.23. The Bertz CT molecular complexity index is 870. The molecule has 0 aliphatic carbocycles. The van der Waals surface area contributed by atoms with Crippen molar-refractivity contribution in [3.05, 3.63) is 69.0 Å². The van der Waals surface area contributed by atoms with E-state index in [9.17, 15) is 4.79 Å². The van der Waals surface area contributed by atoms with E-state index >= 15 is 0 Å². The highest BCUT2D eigenvalue weighted by Crippen LogP contribution is 2.29. The summed E-state index contributed by atoms with van der Waals surface area (Å²) < 4.78 is 16.9. The van der Waals surface area contributed by atoms with Gasteiger partial charge in [-0.1, -0.05) is 18.2 Å². The Balaban J connectivity index is 1.84. The molecule has 4 nitrogen and oxygen atoms in total. The van der Waals surface area contributed by atoms with Crippen molar-refractivity contribution in [1.82, 2.24) is 0 Å². The van der Waals surface area contributed by atoms with Crippen molar-refractivity contribution >= 4 is 26.9 Å². The molecule has 0 atom stereocenters. The normalized spacial score (nSPS) is 10.6. The molecule has 0 saturated carbocycles. The van der Waals surface area contributed by atoms with E-state index in [1.807, 2.05) is 18.2 Å². The van der Waals surface area contributed by atoms with Crippen LogP contribution in [0.3, 0.4) is 0 Å². The lowest BCUT2D eigenvalue weighted by molar-refractivity contribution is 0.297. The van der Waals surface area contributed by atoms with Gasteiger partial charge in [0.2, 0.25) is 0 Å². The lowest BCUT2D eigenvalue weighted by atomic mass is 10.2. The minimum Gasteiger partial charge on any atom is -0.497 e.